The highest BCUT2D eigenvalue weighted by atomic mass is 16.6. The van der Waals surface area contributed by atoms with Gasteiger partial charge in [-0.1, -0.05) is 39.8 Å². The Labute approximate surface area is 232 Å². The number of ketones is 2. The van der Waals surface area contributed by atoms with Gasteiger partial charge in [-0.3, -0.25) is 19.2 Å². The third kappa shape index (κ3) is 3.59. The van der Waals surface area contributed by atoms with Crippen molar-refractivity contribution in [1.29, 1.82) is 0 Å². The second-order valence-electron chi connectivity index (χ2n) is 12.6. The molecule has 10 heteroatoms. The zero-order valence-corrected chi connectivity index (χ0v) is 23.7. The fourth-order valence-electron chi connectivity index (χ4n) is 8.04. The minimum Gasteiger partial charge on any atom is -0.457 e. The van der Waals surface area contributed by atoms with Crippen molar-refractivity contribution >= 4 is 35.4 Å². The summed E-state index contributed by atoms with van der Waals surface area (Å²) in [5, 5.41) is 0. The predicted molar refractivity (Wildman–Crippen MR) is 137 cm³/mol. The molecule has 0 bridgehead atoms. The van der Waals surface area contributed by atoms with Crippen LogP contribution in [0.15, 0.2) is 24.3 Å². The number of Topliss-reactive ketones (excluding diaryl/α,β-unsaturated/α-hetero) is 2. The topological polar surface area (TPSA) is 139 Å². The summed E-state index contributed by atoms with van der Waals surface area (Å²) in [5.74, 6) is -2.88. The van der Waals surface area contributed by atoms with Crippen LogP contribution in [0.4, 0.5) is 0 Å². The second-order valence-corrected chi connectivity index (χ2v) is 12.6. The lowest BCUT2D eigenvalue weighted by molar-refractivity contribution is -0.212. The monoisotopic (exact) mass is 556 g/mol. The Balaban J connectivity index is 0.000000161. The predicted octanol–water partition coefficient (Wildman–Crippen LogP) is 2.81. The Kier molecular flexibility index (Phi) is 6.43. The summed E-state index contributed by atoms with van der Waals surface area (Å²) < 4.78 is 21.9. The molecule has 6 aliphatic rings. The van der Waals surface area contributed by atoms with Gasteiger partial charge >= 0.3 is 23.9 Å². The van der Waals surface area contributed by atoms with Gasteiger partial charge in [0.1, 0.15) is 0 Å². The number of carbonyl (C=O) groups excluding carboxylic acids is 6. The average Bonchev–Trinajstić information content (AvgIpc) is 3.35. The number of rotatable bonds is 2. The summed E-state index contributed by atoms with van der Waals surface area (Å²) >= 11 is 0. The van der Waals surface area contributed by atoms with Crippen molar-refractivity contribution < 1.29 is 47.7 Å². The zero-order chi connectivity index (χ0) is 29.4. The molecule has 0 unspecified atom stereocenters. The van der Waals surface area contributed by atoms with Gasteiger partial charge in [0.15, 0.2) is 23.8 Å². The van der Waals surface area contributed by atoms with Crippen LogP contribution < -0.4 is 0 Å². The molecule has 216 valence electrons. The Morgan fingerprint density at radius 3 is 1.38 bits per heavy atom. The van der Waals surface area contributed by atoms with E-state index in [0.29, 0.717) is 12.8 Å². The molecule has 10 atom stereocenters. The summed E-state index contributed by atoms with van der Waals surface area (Å²) in [6.45, 7) is 10.2. The maximum absolute atomic E-state index is 12.4. The molecule has 2 aliphatic carbocycles. The Bertz CT molecular complexity index is 1170. The minimum atomic E-state index is -1.37. The fourth-order valence-corrected chi connectivity index (χ4v) is 8.04. The van der Waals surface area contributed by atoms with Gasteiger partial charge in [0.25, 0.3) is 0 Å². The Morgan fingerprint density at radius 1 is 0.700 bits per heavy atom. The highest BCUT2D eigenvalue weighted by Gasteiger charge is 2.70. The quantitative estimate of drug-likeness (QED) is 0.368. The van der Waals surface area contributed by atoms with Gasteiger partial charge in [-0.15, -0.1) is 0 Å². The van der Waals surface area contributed by atoms with E-state index >= 15 is 0 Å². The third-order valence-electron chi connectivity index (χ3n) is 10.5. The first-order valence-corrected chi connectivity index (χ1v) is 13.9. The molecule has 6 rings (SSSR count). The number of esters is 4. The van der Waals surface area contributed by atoms with E-state index in [4.69, 9.17) is 18.9 Å². The first-order chi connectivity index (χ1) is 18.6. The molecule has 2 saturated carbocycles. The van der Waals surface area contributed by atoms with Crippen molar-refractivity contribution in [3.8, 4) is 0 Å². The summed E-state index contributed by atoms with van der Waals surface area (Å²) in [5.41, 5.74) is -3.97. The van der Waals surface area contributed by atoms with Gasteiger partial charge in [0, 0.05) is 34.8 Å². The average molecular weight is 557 g/mol. The van der Waals surface area contributed by atoms with E-state index in [1.165, 1.54) is 26.0 Å². The molecule has 0 aromatic carbocycles. The molecule has 0 N–H and O–H groups in total. The standard InChI is InChI=1S/2C15H18O5/c2*1-8-10-4-6-14(3)7-5-11(17)20-15(14,9(2)16)12(10)19-13(8)18/h2*5,7-8,10,12H,4,6H2,1-3H3/t2*8-,10-,12-,14-,15+/m00/s1. The van der Waals surface area contributed by atoms with E-state index in [-0.39, 0.29) is 47.2 Å². The Hall–Kier alpha value is -3.30. The summed E-state index contributed by atoms with van der Waals surface area (Å²) in [4.78, 5) is 71.9. The largest absolute Gasteiger partial charge is 0.457 e. The lowest BCUT2D eigenvalue weighted by atomic mass is 9.56. The maximum atomic E-state index is 12.4. The SMILES string of the molecule is CC(=O)[C@]12OC(=O)C=C[C@]1(C)CC[C@H]1[C@H](C)C(=O)O[C@@H]12.CC(=O)[C@]12OC(=O)C=C[C@]1(C)CC[C@H]1[C@H](C)C(=O)O[C@@H]12. The van der Waals surface area contributed by atoms with Gasteiger partial charge < -0.3 is 18.9 Å². The van der Waals surface area contributed by atoms with Gasteiger partial charge in [-0.05, 0) is 39.5 Å². The zero-order valence-electron chi connectivity index (χ0n) is 23.7. The van der Waals surface area contributed by atoms with Crippen LogP contribution in [0.3, 0.4) is 0 Å². The van der Waals surface area contributed by atoms with Gasteiger partial charge in [-0.25, -0.2) is 9.59 Å². The molecule has 10 nitrogen and oxygen atoms in total. The molecule has 0 spiro atoms. The number of ether oxygens (including phenoxy) is 4. The molecule has 4 fully saturated rings. The van der Waals surface area contributed by atoms with E-state index in [9.17, 15) is 28.8 Å². The van der Waals surface area contributed by atoms with Crippen LogP contribution >= 0.6 is 0 Å². The van der Waals surface area contributed by atoms with E-state index < -0.39 is 46.2 Å². The van der Waals surface area contributed by atoms with Gasteiger partial charge in [0.2, 0.25) is 11.2 Å². The number of fused-ring (bicyclic) bond motifs is 6. The molecular weight excluding hydrogens is 520 g/mol. The van der Waals surface area contributed by atoms with Crippen LogP contribution in [-0.2, 0) is 47.7 Å². The molecule has 40 heavy (non-hydrogen) atoms. The van der Waals surface area contributed by atoms with Crippen LogP contribution in [0.25, 0.3) is 0 Å². The summed E-state index contributed by atoms with van der Waals surface area (Å²) in [7, 11) is 0. The lowest BCUT2D eigenvalue weighted by Crippen LogP contribution is -2.67. The molecule has 0 amide bonds. The minimum absolute atomic E-state index is 0.0706. The fraction of sp³-hybridized carbons (Fsp3) is 0.667. The van der Waals surface area contributed by atoms with Gasteiger partial charge in [-0.2, -0.15) is 0 Å². The first kappa shape index (κ1) is 28.2. The van der Waals surface area contributed by atoms with E-state index in [1.807, 2.05) is 27.7 Å². The smallest absolute Gasteiger partial charge is 0.331 e. The highest BCUT2D eigenvalue weighted by molar-refractivity contribution is 5.96. The molecule has 2 saturated heterocycles. The number of hydrogen-bond acceptors (Lipinski definition) is 10. The van der Waals surface area contributed by atoms with Crippen molar-refractivity contribution in [3.05, 3.63) is 24.3 Å². The van der Waals surface area contributed by atoms with Crippen LogP contribution in [0.2, 0.25) is 0 Å². The van der Waals surface area contributed by atoms with Crippen LogP contribution in [0, 0.1) is 34.5 Å². The van der Waals surface area contributed by atoms with Gasteiger partial charge in [0.05, 0.1) is 11.8 Å². The van der Waals surface area contributed by atoms with Crippen molar-refractivity contribution in [2.75, 3.05) is 0 Å². The third-order valence-corrected chi connectivity index (χ3v) is 10.5. The van der Waals surface area contributed by atoms with Crippen LogP contribution in [0.5, 0.6) is 0 Å². The highest BCUT2D eigenvalue weighted by Crippen LogP contribution is 2.58. The molecule has 0 radical (unpaired) electrons. The van der Waals surface area contributed by atoms with Crippen molar-refractivity contribution in [2.24, 2.45) is 34.5 Å². The molecule has 0 aromatic heterocycles. The molecule has 4 aliphatic heterocycles. The van der Waals surface area contributed by atoms with Crippen LogP contribution in [-0.4, -0.2) is 58.9 Å². The summed E-state index contributed by atoms with van der Waals surface area (Å²) in [6, 6.07) is 0. The molecule has 0 aromatic rings. The van der Waals surface area contributed by atoms with E-state index in [1.54, 1.807) is 12.2 Å². The molecule has 4 heterocycles. The first-order valence-electron chi connectivity index (χ1n) is 13.9. The second kappa shape index (κ2) is 9.11. The number of carbonyl (C=O) groups is 6. The van der Waals surface area contributed by atoms with E-state index in [0.717, 1.165) is 12.8 Å². The Morgan fingerprint density at radius 2 is 1.05 bits per heavy atom. The van der Waals surface area contributed by atoms with Crippen molar-refractivity contribution in [1.82, 2.24) is 0 Å². The van der Waals surface area contributed by atoms with Crippen molar-refractivity contribution in [3.63, 3.8) is 0 Å². The lowest BCUT2D eigenvalue weighted by Gasteiger charge is -2.53. The summed E-state index contributed by atoms with van der Waals surface area (Å²) in [6.07, 6.45) is 7.82. The molecular formula is C30H36O10. The maximum Gasteiger partial charge on any atom is 0.331 e. The number of hydrogen-bond donors (Lipinski definition) is 0. The van der Waals surface area contributed by atoms with Crippen LogP contribution in [0.1, 0.15) is 67.2 Å². The van der Waals surface area contributed by atoms with Crippen molar-refractivity contribution in [2.45, 2.75) is 90.6 Å². The van der Waals surface area contributed by atoms with E-state index in [2.05, 4.69) is 0 Å². The normalized spacial score (nSPS) is 46.2.